The van der Waals surface area contributed by atoms with Crippen molar-refractivity contribution in [2.24, 2.45) is 11.3 Å². The minimum atomic E-state index is -0.534. The van der Waals surface area contributed by atoms with Crippen LogP contribution in [0.15, 0.2) is 89.5 Å². The van der Waals surface area contributed by atoms with Crippen LogP contribution < -0.4 is 20.7 Å². The molecule has 0 spiro atoms. The van der Waals surface area contributed by atoms with Crippen molar-refractivity contribution in [1.82, 2.24) is 5.32 Å². The average Bonchev–Trinajstić information content (AvgIpc) is 3.49. The van der Waals surface area contributed by atoms with Crippen LogP contribution in [0, 0.1) is 11.3 Å². The summed E-state index contributed by atoms with van der Waals surface area (Å²) < 4.78 is 10.9. The number of fused-ring (bicyclic) bond motifs is 1. The van der Waals surface area contributed by atoms with Crippen molar-refractivity contribution in [3.8, 4) is 5.75 Å². The molecule has 3 N–H and O–H groups in total. The molecule has 5 rings (SSSR count). The van der Waals surface area contributed by atoms with E-state index in [1.807, 2.05) is 31.2 Å². The molecule has 52 heavy (non-hydrogen) atoms. The lowest BCUT2D eigenvalue weighted by molar-refractivity contribution is -0.115. The van der Waals surface area contributed by atoms with Crippen LogP contribution >= 0.6 is 23.1 Å². The van der Waals surface area contributed by atoms with Gasteiger partial charge in [-0.2, -0.15) is 0 Å². The van der Waals surface area contributed by atoms with E-state index in [9.17, 15) is 19.2 Å². The summed E-state index contributed by atoms with van der Waals surface area (Å²) in [4.78, 5) is 55.2. The third kappa shape index (κ3) is 9.51. The molecule has 4 aromatic rings. The highest BCUT2D eigenvalue weighted by Crippen LogP contribution is 2.44. The van der Waals surface area contributed by atoms with E-state index in [1.165, 1.54) is 30.2 Å². The Bertz CT molecular complexity index is 1960. The number of hydrogen-bond acceptors (Lipinski definition) is 8. The molecular weight excluding hydrogens is 695 g/mol. The van der Waals surface area contributed by atoms with Gasteiger partial charge in [-0.3, -0.25) is 14.4 Å². The number of ether oxygens (including phenoxy) is 2. The van der Waals surface area contributed by atoms with E-state index in [0.29, 0.717) is 45.7 Å². The van der Waals surface area contributed by atoms with Gasteiger partial charge >= 0.3 is 5.97 Å². The molecule has 1 heterocycles. The third-order valence-corrected chi connectivity index (χ3v) is 11.2. The van der Waals surface area contributed by atoms with Crippen LogP contribution in [0.4, 0.5) is 10.7 Å². The number of hydrogen-bond donors (Lipinski definition) is 3. The molecule has 1 aromatic heterocycles. The first-order chi connectivity index (χ1) is 24.9. The summed E-state index contributed by atoms with van der Waals surface area (Å²) in [5.74, 6) is -0.610. The Kier molecular flexibility index (Phi) is 12.6. The quantitative estimate of drug-likeness (QED) is 0.0756. The highest BCUT2D eigenvalue weighted by Gasteiger charge is 2.34. The van der Waals surface area contributed by atoms with E-state index in [1.54, 1.807) is 67.6 Å². The van der Waals surface area contributed by atoms with Gasteiger partial charge in [0.15, 0.2) is 0 Å². The first kappa shape index (κ1) is 38.4. The van der Waals surface area contributed by atoms with Crippen LogP contribution in [-0.4, -0.2) is 42.7 Å². The molecule has 0 saturated heterocycles. The zero-order valence-corrected chi connectivity index (χ0v) is 32.0. The molecule has 11 heteroatoms. The Hall–Kier alpha value is -4.87. The molecule has 0 fully saturated rings. The van der Waals surface area contributed by atoms with Crippen LogP contribution in [0.1, 0.15) is 77.8 Å². The molecule has 3 aromatic carbocycles. The maximum absolute atomic E-state index is 13.7. The van der Waals surface area contributed by atoms with Crippen LogP contribution in [0.25, 0.3) is 6.08 Å². The van der Waals surface area contributed by atoms with Crippen LogP contribution in [0.2, 0.25) is 0 Å². The summed E-state index contributed by atoms with van der Waals surface area (Å²) in [6.45, 7) is 10.8. The molecule has 2 unspecified atom stereocenters. The second-order valence-electron chi connectivity index (χ2n) is 13.6. The van der Waals surface area contributed by atoms with Crippen molar-refractivity contribution in [3.05, 3.63) is 112 Å². The van der Waals surface area contributed by atoms with Gasteiger partial charge in [0.1, 0.15) is 16.4 Å². The van der Waals surface area contributed by atoms with Crippen LogP contribution in [0.5, 0.6) is 5.75 Å². The van der Waals surface area contributed by atoms with E-state index in [4.69, 9.17) is 9.47 Å². The predicted octanol–water partition coefficient (Wildman–Crippen LogP) is 8.61. The van der Waals surface area contributed by atoms with Gasteiger partial charge < -0.3 is 25.4 Å². The summed E-state index contributed by atoms with van der Waals surface area (Å²) in [5, 5.41) is 8.66. The van der Waals surface area contributed by atoms with Crippen molar-refractivity contribution in [2.45, 2.75) is 64.0 Å². The number of thiophene rings is 1. The van der Waals surface area contributed by atoms with Gasteiger partial charge in [-0.15, -0.1) is 23.1 Å². The van der Waals surface area contributed by atoms with E-state index in [2.05, 4.69) is 36.7 Å². The van der Waals surface area contributed by atoms with Crippen molar-refractivity contribution >= 4 is 63.6 Å². The molecule has 0 bridgehead atoms. The Labute approximate surface area is 313 Å². The zero-order valence-electron chi connectivity index (χ0n) is 30.3. The summed E-state index contributed by atoms with van der Waals surface area (Å²) in [5.41, 5.74) is 3.11. The van der Waals surface area contributed by atoms with Gasteiger partial charge in [-0.1, -0.05) is 63.2 Å². The Morgan fingerprint density at radius 2 is 1.71 bits per heavy atom. The average molecular weight is 740 g/mol. The normalized spacial score (nSPS) is 14.8. The molecule has 1 aliphatic rings. The minimum Gasteiger partial charge on any atom is -0.493 e. The number of rotatable bonds is 12. The Morgan fingerprint density at radius 1 is 0.981 bits per heavy atom. The predicted molar refractivity (Wildman–Crippen MR) is 209 cm³/mol. The number of nitrogens with one attached hydrogen (secondary N) is 3. The maximum atomic E-state index is 13.7. The highest BCUT2D eigenvalue weighted by atomic mass is 32.2. The number of anilines is 2. The second-order valence-corrected chi connectivity index (χ2v) is 16.1. The summed E-state index contributed by atoms with van der Waals surface area (Å²) in [7, 11) is 1.36. The minimum absolute atomic E-state index is 0.0284. The monoisotopic (exact) mass is 739 g/mol. The van der Waals surface area contributed by atoms with Crippen molar-refractivity contribution in [1.29, 1.82) is 0 Å². The van der Waals surface area contributed by atoms with Gasteiger partial charge in [-0.25, -0.2) is 4.79 Å². The van der Waals surface area contributed by atoms with Crippen molar-refractivity contribution in [3.63, 3.8) is 0 Å². The molecule has 2 atom stereocenters. The van der Waals surface area contributed by atoms with E-state index >= 15 is 0 Å². The lowest BCUT2D eigenvalue weighted by Crippen LogP contribution is -2.30. The lowest BCUT2D eigenvalue weighted by Gasteiger charge is -2.33. The largest absolute Gasteiger partial charge is 0.493 e. The Balaban J connectivity index is 1.31. The van der Waals surface area contributed by atoms with Gasteiger partial charge in [-0.05, 0) is 92.5 Å². The highest BCUT2D eigenvalue weighted by molar-refractivity contribution is 8.00. The number of para-hydroxylation sites is 1. The fourth-order valence-electron chi connectivity index (χ4n) is 6.03. The first-order valence-corrected chi connectivity index (χ1v) is 19.0. The molecule has 9 nitrogen and oxygen atoms in total. The lowest BCUT2D eigenvalue weighted by atomic mass is 9.72. The van der Waals surface area contributed by atoms with Gasteiger partial charge in [0.05, 0.1) is 24.5 Å². The first-order valence-electron chi connectivity index (χ1n) is 17.3. The number of benzene rings is 3. The summed E-state index contributed by atoms with van der Waals surface area (Å²) >= 11 is 2.78. The molecular formula is C41H45N3O6S2. The number of thioether (sulfide) groups is 1. The Morgan fingerprint density at radius 3 is 2.42 bits per heavy atom. The second kappa shape index (κ2) is 17.1. The summed E-state index contributed by atoms with van der Waals surface area (Å²) in [6.07, 6.45) is 4.18. The van der Waals surface area contributed by atoms with Crippen LogP contribution in [0.3, 0.4) is 0 Å². The van der Waals surface area contributed by atoms with Gasteiger partial charge in [0.2, 0.25) is 5.91 Å². The van der Waals surface area contributed by atoms with E-state index in [-0.39, 0.29) is 17.0 Å². The smallest absolute Gasteiger partial charge is 0.341 e. The van der Waals surface area contributed by atoms with Gasteiger partial charge in [0.25, 0.3) is 11.8 Å². The van der Waals surface area contributed by atoms with Crippen molar-refractivity contribution < 1.29 is 28.7 Å². The van der Waals surface area contributed by atoms with Crippen molar-refractivity contribution in [2.75, 3.05) is 24.4 Å². The molecule has 1 aliphatic carbocycles. The molecule has 0 radical (unpaired) electrons. The number of carbonyl (C=O) groups excluding carboxylic acids is 4. The topological polar surface area (TPSA) is 123 Å². The summed E-state index contributed by atoms with van der Waals surface area (Å²) in [6, 6.07) is 23.1. The number of carbonyl (C=O) groups is 4. The third-order valence-electron chi connectivity index (χ3n) is 8.94. The molecule has 272 valence electrons. The van der Waals surface area contributed by atoms with E-state index in [0.717, 1.165) is 34.6 Å². The molecule has 0 saturated carbocycles. The van der Waals surface area contributed by atoms with Gasteiger partial charge in [0, 0.05) is 26.6 Å². The van der Waals surface area contributed by atoms with E-state index < -0.39 is 23.0 Å². The zero-order chi connectivity index (χ0) is 37.4. The number of methoxy groups -OCH3 is 1. The molecule has 0 aliphatic heterocycles. The molecule has 3 amide bonds. The SMILES string of the molecule is CCOc1ccccc1/C=C(/NC(=O)c1ccccc1)C(=O)Nc1cccc(SC(C)C(=O)Nc2sc3c(c2C(=O)OC)CCC(C(C)(C)C)C3)c1. The standard InChI is InChI=1S/C41H45N3O6S2/c1-7-50-33-19-12-11-16-27(33)22-32(43-37(46)26-14-9-8-10-15-26)38(47)42-29-17-13-18-30(24-29)51-25(2)36(45)44-39-35(40(48)49-6)31-21-20-28(41(3,4)5)23-34(31)52-39/h8-19,22,24-25,28H,7,20-21,23H2,1-6H3,(H,42,47)(H,43,46)(H,44,45)/b32-22+. The van der Waals surface area contributed by atoms with Crippen LogP contribution in [-0.2, 0) is 27.2 Å². The fourth-order valence-corrected chi connectivity index (χ4v) is 8.28. The number of esters is 1. The fraction of sp³-hybridized carbons (Fsp3) is 0.317. The number of amides is 3. The maximum Gasteiger partial charge on any atom is 0.341 e.